The monoisotopic (exact) mass is 221 g/mol. The Kier molecular flexibility index (Phi) is 2.99. The van der Waals surface area contributed by atoms with Crippen LogP contribution in [0.1, 0.15) is 11.1 Å². The number of rotatable bonds is 3. The lowest BCUT2D eigenvalue weighted by atomic mass is 10.1. The highest BCUT2D eigenvalue weighted by molar-refractivity contribution is 5.69. The van der Waals surface area contributed by atoms with E-state index in [1.165, 1.54) is 5.56 Å². The number of ether oxygens (including phenoxy) is 2. The molecule has 0 spiro atoms. The summed E-state index contributed by atoms with van der Waals surface area (Å²) in [6, 6.07) is 5.92. The van der Waals surface area contributed by atoms with Crippen molar-refractivity contribution < 1.29 is 14.3 Å². The van der Waals surface area contributed by atoms with E-state index in [4.69, 9.17) is 9.47 Å². The lowest BCUT2D eigenvalue weighted by Gasteiger charge is -2.13. The molecule has 1 fully saturated rings. The largest absolute Gasteiger partial charge is 0.489 e. The van der Waals surface area contributed by atoms with Gasteiger partial charge in [-0.25, -0.2) is 4.79 Å². The summed E-state index contributed by atoms with van der Waals surface area (Å²) in [6.45, 7) is 4.97. The Morgan fingerprint density at radius 1 is 1.50 bits per heavy atom. The summed E-state index contributed by atoms with van der Waals surface area (Å²) in [5.41, 5.74) is 2.32. The molecule has 1 aliphatic rings. The van der Waals surface area contributed by atoms with E-state index >= 15 is 0 Å². The number of alkyl carbamates (subject to hydrolysis) is 1. The quantitative estimate of drug-likeness (QED) is 0.846. The van der Waals surface area contributed by atoms with Gasteiger partial charge in [-0.1, -0.05) is 12.1 Å². The number of carbonyl (C=O) groups excluding carboxylic acids is 1. The van der Waals surface area contributed by atoms with Crippen molar-refractivity contribution in [1.82, 2.24) is 5.32 Å². The summed E-state index contributed by atoms with van der Waals surface area (Å²) >= 11 is 0. The number of hydrogen-bond donors (Lipinski definition) is 1. The van der Waals surface area contributed by atoms with Gasteiger partial charge in [0.05, 0.1) is 6.54 Å². The van der Waals surface area contributed by atoms with E-state index in [0.29, 0.717) is 13.2 Å². The van der Waals surface area contributed by atoms with Gasteiger partial charge in [0.2, 0.25) is 0 Å². The minimum absolute atomic E-state index is 0.188. The molecule has 0 aromatic heterocycles. The fourth-order valence-corrected chi connectivity index (χ4v) is 1.59. The minimum atomic E-state index is -0.366. The summed E-state index contributed by atoms with van der Waals surface area (Å²) in [5.74, 6) is 0.850. The van der Waals surface area contributed by atoms with Crippen LogP contribution in [0, 0.1) is 13.8 Å². The molecule has 1 saturated heterocycles. The molecule has 0 radical (unpaired) electrons. The molecule has 1 aromatic rings. The van der Waals surface area contributed by atoms with Gasteiger partial charge in [-0.3, -0.25) is 0 Å². The van der Waals surface area contributed by atoms with Gasteiger partial charge in [0.25, 0.3) is 0 Å². The van der Waals surface area contributed by atoms with Crippen LogP contribution in [0.3, 0.4) is 0 Å². The third kappa shape index (κ3) is 2.27. The molecule has 1 amide bonds. The molecule has 1 N–H and O–H groups in total. The van der Waals surface area contributed by atoms with Gasteiger partial charge < -0.3 is 14.8 Å². The SMILES string of the molecule is Cc1cccc(OCC2CNC(=O)O2)c1C. The van der Waals surface area contributed by atoms with Crippen LogP contribution in [0.25, 0.3) is 0 Å². The molecular weight excluding hydrogens is 206 g/mol. The zero-order chi connectivity index (χ0) is 11.5. The molecule has 1 aliphatic heterocycles. The third-order valence-corrected chi connectivity index (χ3v) is 2.73. The summed E-state index contributed by atoms with van der Waals surface area (Å²) in [7, 11) is 0. The maximum Gasteiger partial charge on any atom is 0.407 e. The van der Waals surface area contributed by atoms with Crippen molar-refractivity contribution in [3.05, 3.63) is 29.3 Å². The van der Waals surface area contributed by atoms with Gasteiger partial charge in [-0.2, -0.15) is 0 Å². The lowest BCUT2D eigenvalue weighted by molar-refractivity contribution is 0.104. The van der Waals surface area contributed by atoms with E-state index in [2.05, 4.69) is 5.32 Å². The topological polar surface area (TPSA) is 47.6 Å². The number of aryl methyl sites for hydroxylation is 1. The molecule has 1 unspecified atom stereocenters. The van der Waals surface area contributed by atoms with Crippen molar-refractivity contribution in [2.45, 2.75) is 20.0 Å². The highest BCUT2D eigenvalue weighted by Gasteiger charge is 2.23. The highest BCUT2D eigenvalue weighted by Crippen LogP contribution is 2.20. The number of nitrogens with one attached hydrogen (secondary N) is 1. The average Bonchev–Trinajstić information content (AvgIpc) is 2.67. The third-order valence-electron chi connectivity index (χ3n) is 2.73. The molecular formula is C12H15NO3. The van der Waals surface area contributed by atoms with Gasteiger partial charge in [0.15, 0.2) is 6.10 Å². The van der Waals surface area contributed by atoms with Crippen LogP contribution in [-0.4, -0.2) is 25.3 Å². The van der Waals surface area contributed by atoms with E-state index in [-0.39, 0.29) is 12.2 Å². The normalized spacial score (nSPS) is 19.1. The first-order valence-electron chi connectivity index (χ1n) is 5.30. The van der Waals surface area contributed by atoms with Crippen molar-refractivity contribution in [2.75, 3.05) is 13.2 Å². The lowest BCUT2D eigenvalue weighted by Crippen LogP contribution is -2.22. The summed E-state index contributed by atoms with van der Waals surface area (Å²) in [4.78, 5) is 10.8. The molecule has 0 bridgehead atoms. The van der Waals surface area contributed by atoms with E-state index in [0.717, 1.165) is 11.3 Å². The Labute approximate surface area is 94.6 Å². The molecule has 4 heteroatoms. The van der Waals surface area contributed by atoms with Crippen LogP contribution in [0.4, 0.5) is 4.79 Å². The van der Waals surface area contributed by atoms with Gasteiger partial charge in [0, 0.05) is 0 Å². The Balaban J connectivity index is 1.94. The Hall–Kier alpha value is -1.71. The standard InChI is InChI=1S/C12H15NO3/c1-8-4-3-5-11(9(8)2)15-7-10-6-13-12(14)16-10/h3-5,10H,6-7H2,1-2H3,(H,13,14). The molecule has 0 saturated carbocycles. The second-order valence-corrected chi connectivity index (χ2v) is 3.92. The molecule has 1 atom stereocenters. The fraction of sp³-hybridized carbons (Fsp3) is 0.417. The number of benzene rings is 1. The van der Waals surface area contributed by atoms with E-state index in [1.807, 2.05) is 32.0 Å². The predicted molar refractivity (Wildman–Crippen MR) is 59.7 cm³/mol. The fourth-order valence-electron chi connectivity index (χ4n) is 1.59. The highest BCUT2D eigenvalue weighted by atomic mass is 16.6. The zero-order valence-electron chi connectivity index (χ0n) is 9.45. The average molecular weight is 221 g/mol. The van der Waals surface area contributed by atoms with Crippen molar-refractivity contribution in [1.29, 1.82) is 0 Å². The summed E-state index contributed by atoms with van der Waals surface area (Å²) in [5, 5.41) is 2.59. The number of hydrogen-bond acceptors (Lipinski definition) is 3. The van der Waals surface area contributed by atoms with Crippen LogP contribution in [-0.2, 0) is 4.74 Å². The number of amides is 1. The van der Waals surface area contributed by atoms with Gasteiger partial charge in [0.1, 0.15) is 12.4 Å². The molecule has 16 heavy (non-hydrogen) atoms. The van der Waals surface area contributed by atoms with Gasteiger partial charge in [-0.05, 0) is 31.0 Å². The molecule has 1 aromatic carbocycles. The smallest absolute Gasteiger partial charge is 0.407 e. The van der Waals surface area contributed by atoms with Crippen molar-refractivity contribution >= 4 is 6.09 Å². The molecule has 86 valence electrons. The van der Waals surface area contributed by atoms with Crippen LogP contribution in [0.5, 0.6) is 5.75 Å². The minimum Gasteiger partial charge on any atom is -0.489 e. The molecule has 1 heterocycles. The van der Waals surface area contributed by atoms with Crippen LogP contribution in [0.15, 0.2) is 18.2 Å². The Morgan fingerprint density at radius 3 is 3.00 bits per heavy atom. The molecule has 4 nitrogen and oxygen atoms in total. The molecule has 0 aliphatic carbocycles. The van der Waals surface area contributed by atoms with E-state index in [9.17, 15) is 4.79 Å². The zero-order valence-corrected chi connectivity index (χ0v) is 9.45. The van der Waals surface area contributed by atoms with Gasteiger partial charge in [-0.15, -0.1) is 0 Å². The van der Waals surface area contributed by atoms with Crippen LogP contribution in [0.2, 0.25) is 0 Å². The molecule has 2 rings (SSSR count). The van der Waals surface area contributed by atoms with Gasteiger partial charge >= 0.3 is 6.09 Å². The van der Waals surface area contributed by atoms with Crippen molar-refractivity contribution in [2.24, 2.45) is 0 Å². The summed E-state index contributed by atoms with van der Waals surface area (Å²) < 4.78 is 10.6. The first-order valence-corrected chi connectivity index (χ1v) is 5.30. The van der Waals surface area contributed by atoms with Crippen molar-refractivity contribution in [3.63, 3.8) is 0 Å². The maximum absolute atomic E-state index is 10.8. The van der Waals surface area contributed by atoms with E-state index in [1.54, 1.807) is 0 Å². The Morgan fingerprint density at radius 2 is 2.31 bits per heavy atom. The van der Waals surface area contributed by atoms with E-state index < -0.39 is 0 Å². The Bertz CT molecular complexity index is 403. The van der Waals surface area contributed by atoms with Crippen LogP contribution < -0.4 is 10.1 Å². The number of cyclic esters (lactones) is 1. The number of carbonyl (C=O) groups is 1. The second-order valence-electron chi connectivity index (χ2n) is 3.92. The first kappa shape index (κ1) is 10.8. The summed E-state index contributed by atoms with van der Waals surface area (Å²) in [6.07, 6.45) is -0.554. The van der Waals surface area contributed by atoms with Crippen molar-refractivity contribution in [3.8, 4) is 5.75 Å². The first-order chi connectivity index (χ1) is 7.66. The predicted octanol–water partition coefficient (Wildman–Crippen LogP) is 1.79. The maximum atomic E-state index is 10.8. The van der Waals surface area contributed by atoms with Crippen LogP contribution >= 0.6 is 0 Å². The second kappa shape index (κ2) is 4.43.